The summed E-state index contributed by atoms with van der Waals surface area (Å²) in [5.74, 6) is -0.730. The molecule has 0 aliphatic carbocycles. The number of carbonyl (C=O) groups excluding carboxylic acids is 1. The van der Waals surface area contributed by atoms with Crippen LogP contribution in [0.25, 0.3) is 0 Å². The van der Waals surface area contributed by atoms with E-state index in [2.05, 4.69) is 4.74 Å². The first-order valence-corrected chi connectivity index (χ1v) is 7.64. The van der Waals surface area contributed by atoms with Crippen LogP contribution in [0.3, 0.4) is 0 Å². The van der Waals surface area contributed by atoms with E-state index in [-0.39, 0.29) is 10.5 Å². The lowest BCUT2D eigenvalue weighted by molar-refractivity contribution is 0.0596. The highest BCUT2D eigenvalue weighted by Crippen LogP contribution is 2.26. The molecule has 88 valence electrons. The number of benzene rings is 1. The lowest BCUT2D eigenvalue weighted by Gasteiger charge is -2.06. The van der Waals surface area contributed by atoms with Gasteiger partial charge < -0.3 is 4.74 Å². The van der Waals surface area contributed by atoms with Crippen LogP contribution in [0.5, 0.6) is 0 Å². The van der Waals surface area contributed by atoms with Crippen LogP contribution < -0.4 is 0 Å². The second-order valence-electron chi connectivity index (χ2n) is 2.79. The van der Waals surface area contributed by atoms with Crippen LogP contribution in [0.15, 0.2) is 28.0 Å². The Balaban J connectivity index is 3.45. The molecule has 7 heteroatoms. The fourth-order valence-corrected chi connectivity index (χ4v) is 2.69. The summed E-state index contributed by atoms with van der Waals surface area (Å²) in [5, 5.41) is 0. The Morgan fingerprint density at radius 1 is 1.44 bits per heavy atom. The van der Waals surface area contributed by atoms with E-state index in [1.54, 1.807) is 12.3 Å². The summed E-state index contributed by atoms with van der Waals surface area (Å²) in [7, 11) is 2.46. The zero-order chi connectivity index (χ0) is 12.3. The van der Waals surface area contributed by atoms with E-state index in [0.717, 1.165) is 0 Å². The standard InChI is InChI=1S/C9H9ClO4S2/c1-14-9(11)7-4-3-6(15-2)5-8(7)16(10,12)13/h3-5H,1-2H3. The number of halogens is 1. The maximum absolute atomic E-state index is 11.3. The smallest absolute Gasteiger partial charge is 0.339 e. The molecule has 1 aromatic rings. The Labute approximate surface area is 102 Å². The van der Waals surface area contributed by atoms with Crippen molar-refractivity contribution < 1.29 is 17.9 Å². The molecule has 1 rings (SSSR count). The quantitative estimate of drug-likeness (QED) is 0.482. The van der Waals surface area contributed by atoms with Crippen molar-refractivity contribution in [3.05, 3.63) is 23.8 Å². The molecule has 0 aliphatic heterocycles. The predicted octanol–water partition coefficient (Wildman–Crippen LogP) is 2.12. The highest BCUT2D eigenvalue weighted by Gasteiger charge is 2.21. The van der Waals surface area contributed by atoms with Crippen LogP contribution in [-0.4, -0.2) is 27.8 Å². The van der Waals surface area contributed by atoms with Gasteiger partial charge in [-0.1, -0.05) is 0 Å². The summed E-state index contributed by atoms with van der Waals surface area (Å²) in [5.41, 5.74) is -0.0599. The summed E-state index contributed by atoms with van der Waals surface area (Å²) in [6, 6.07) is 4.36. The van der Waals surface area contributed by atoms with Crippen molar-refractivity contribution in [2.45, 2.75) is 9.79 Å². The maximum Gasteiger partial charge on any atom is 0.339 e. The molecule has 0 aromatic heterocycles. The fraction of sp³-hybridized carbons (Fsp3) is 0.222. The molecule has 0 atom stereocenters. The molecule has 0 aliphatic rings. The maximum atomic E-state index is 11.3. The van der Waals surface area contributed by atoms with Gasteiger partial charge in [-0.2, -0.15) is 0 Å². The first-order valence-electron chi connectivity index (χ1n) is 4.11. The molecule has 0 spiro atoms. The molecule has 0 saturated heterocycles. The molecule has 0 unspecified atom stereocenters. The van der Waals surface area contributed by atoms with E-state index in [1.807, 2.05) is 0 Å². The number of carbonyl (C=O) groups is 1. The van der Waals surface area contributed by atoms with Crippen molar-refractivity contribution in [2.75, 3.05) is 13.4 Å². The van der Waals surface area contributed by atoms with Crippen molar-refractivity contribution in [2.24, 2.45) is 0 Å². The number of esters is 1. The van der Waals surface area contributed by atoms with Gasteiger partial charge in [0.1, 0.15) is 0 Å². The highest BCUT2D eigenvalue weighted by molar-refractivity contribution is 8.13. The summed E-state index contributed by atoms with van der Waals surface area (Å²) in [4.78, 5) is 11.8. The Kier molecular flexibility index (Phi) is 4.23. The highest BCUT2D eigenvalue weighted by atomic mass is 35.7. The third-order valence-corrected chi connectivity index (χ3v) is 3.94. The predicted molar refractivity (Wildman–Crippen MR) is 62.6 cm³/mol. The number of thioether (sulfide) groups is 1. The van der Waals surface area contributed by atoms with Crippen LogP contribution in [0.2, 0.25) is 0 Å². The molecular formula is C9H9ClO4S2. The normalized spacial score (nSPS) is 11.2. The van der Waals surface area contributed by atoms with Gasteiger partial charge in [0, 0.05) is 15.6 Å². The molecule has 16 heavy (non-hydrogen) atoms. The largest absolute Gasteiger partial charge is 0.465 e. The fourth-order valence-electron chi connectivity index (χ4n) is 1.11. The lowest BCUT2D eigenvalue weighted by Crippen LogP contribution is -2.07. The summed E-state index contributed by atoms with van der Waals surface area (Å²) in [6.07, 6.45) is 1.79. The van der Waals surface area contributed by atoms with E-state index in [4.69, 9.17) is 10.7 Å². The first kappa shape index (κ1) is 13.3. The van der Waals surface area contributed by atoms with E-state index in [9.17, 15) is 13.2 Å². The van der Waals surface area contributed by atoms with E-state index in [0.29, 0.717) is 4.90 Å². The van der Waals surface area contributed by atoms with Gasteiger partial charge in [-0.3, -0.25) is 0 Å². The molecule has 0 fully saturated rings. The average molecular weight is 281 g/mol. The number of methoxy groups -OCH3 is 1. The van der Waals surface area contributed by atoms with Gasteiger partial charge in [0.05, 0.1) is 17.6 Å². The average Bonchev–Trinajstić information content (AvgIpc) is 2.26. The van der Waals surface area contributed by atoms with Gasteiger partial charge in [0.15, 0.2) is 0 Å². The molecule has 0 radical (unpaired) electrons. The van der Waals surface area contributed by atoms with Crippen molar-refractivity contribution in [3.63, 3.8) is 0 Å². The van der Waals surface area contributed by atoms with Gasteiger partial charge in [-0.25, -0.2) is 13.2 Å². The second-order valence-corrected chi connectivity index (χ2v) is 6.21. The first-order chi connectivity index (χ1) is 7.40. The molecule has 0 N–H and O–H groups in total. The minimum atomic E-state index is -3.96. The molecular weight excluding hydrogens is 272 g/mol. The van der Waals surface area contributed by atoms with Crippen molar-refractivity contribution in [3.8, 4) is 0 Å². The number of hydrogen-bond donors (Lipinski definition) is 0. The Hall–Kier alpha value is -0.720. The van der Waals surface area contributed by atoms with Gasteiger partial charge in [-0.05, 0) is 24.5 Å². The van der Waals surface area contributed by atoms with Crippen LogP contribution in [0.1, 0.15) is 10.4 Å². The zero-order valence-corrected chi connectivity index (χ0v) is 10.9. The van der Waals surface area contributed by atoms with Crippen LogP contribution in [0.4, 0.5) is 0 Å². The second kappa shape index (κ2) is 5.07. The molecule has 0 saturated carbocycles. The Morgan fingerprint density at radius 2 is 2.06 bits per heavy atom. The number of rotatable bonds is 3. The van der Waals surface area contributed by atoms with Gasteiger partial charge in [0.2, 0.25) is 0 Å². The van der Waals surface area contributed by atoms with Gasteiger partial charge in [-0.15, -0.1) is 11.8 Å². The van der Waals surface area contributed by atoms with E-state index < -0.39 is 15.0 Å². The Bertz CT molecular complexity index is 510. The third kappa shape index (κ3) is 2.90. The summed E-state index contributed by atoms with van der Waals surface area (Å²) < 4.78 is 27.1. The zero-order valence-electron chi connectivity index (χ0n) is 8.56. The SMILES string of the molecule is COC(=O)c1ccc(SC)cc1S(=O)(=O)Cl. The van der Waals surface area contributed by atoms with Gasteiger partial charge >= 0.3 is 5.97 Å². The molecule has 1 aromatic carbocycles. The van der Waals surface area contributed by atoms with Crippen molar-refractivity contribution in [1.82, 2.24) is 0 Å². The van der Waals surface area contributed by atoms with Crippen LogP contribution in [-0.2, 0) is 13.8 Å². The van der Waals surface area contributed by atoms with Crippen LogP contribution >= 0.6 is 22.4 Å². The Morgan fingerprint density at radius 3 is 2.50 bits per heavy atom. The minimum Gasteiger partial charge on any atom is -0.465 e. The number of hydrogen-bond acceptors (Lipinski definition) is 5. The molecule has 4 nitrogen and oxygen atoms in total. The third-order valence-electron chi connectivity index (χ3n) is 1.86. The molecule has 0 amide bonds. The monoisotopic (exact) mass is 280 g/mol. The van der Waals surface area contributed by atoms with E-state index >= 15 is 0 Å². The summed E-state index contributed by atoms with van der Waals surface area (Å²) in [6.45, 7) is 0. The lowest BCUT2D eigenvalue weighted by atomic mass is 10.2. The van der Waals surface area contributed by atoms with E-state index in [1.165, 1.54) is 31.0 Å². The minimum absolute atomic E-state index is 0.0599. The van der Waals surface area contributed by atoms with Crippen molar-refractivity contribution in [1.29, 1.82) is 0 Å². The van der Waals surface area contributed by atoms with Gasteiger partial charge in [0.25, 0.3) is 9.05 Å². The van der Waals surface area contributed by atoms with Crippen LogP contribution in [0, 0.1) is 0 Å². The number of ether oxygens (including phenoxy) is 1. The topological polar surface area (TPSA) is 60.4 Å². The van der Waals surface area contributed by atoms with Crippen molar-refractivity contribution >= 4 is 37.5 Å². The molecule has 0 heterocycles. The molecule has 0 bridgehead atoms. The summed E-state index contributed by atoms with van der Waals surface area (Å²) >= 11 is 1.35.